The van der Waals surface area contributed by atoms with Gasteiger partial charge in [-0.3, -0.25) is 10.2 Å². The minimum atomic E-state index is -1.10. The summed E-state index contributed by atoms with van der Waals surface area (Å²) in [6, 6.07) is -0.891. The summed E-state index contributed by atoms with van der Waals surface area (Å²) in [5, 5.41) is 37.0. The highest BCUT2D eigenvalue weighted by Crippen LogP contribution is 2.00. The number of aliphatic hydroxyl groups is 1. The molecule has 0 radical (unpaired) electrons. The zero-order valence-electron chi connectivity index (χ0n) is 9.70. The van der Waals surface area contributed by atoms with Crippen molar-refractivity contribution >= 4 is 11.9 Å². The summed E-state index contributed by atoms with van der Waals surface area (Å²) < 4.78 is 0. The molecule has 0 aliphatic rings. The molecule has 0 aromatic carbocycles. The van der Waals surface area contributed by atoms with E-state index in [1.165, 1.54) is 0 Å². The first-order valence-electron chi connectivity index (χ1n) is 5.23. The Morgan fingerprint density at radius 1 is 1.61 bits per heavy atom. The van der Waals surface area contributed by atoms with Crippen molar-refractivity contribution in [3.63, 3.8) is 0 Å². The molecule has 0 rings (SSSR count). The van der Waals surface area contributed by atoms with Crippen molar-refractivity contribution in [2.45, 2.75) is 18.9 Å². The lowest BCUT2D eigenvalue weighted by atomic mass is 10.1. The molecule has 0 aliphatic heterocycles. The number of aliphatic hydroxyl groups excluding tert-OH is 1. The summed E-state index contributed by atoms with van der Waals surface area (Å²) in [6.07, 6.45) is 0.308. The molecule has 0 aromatic rings. The Labute approximate surface area is 103 Å². The Balaban J connectivity index is 4.15. The van der Waals surface area contributed by atoms with E-state index in [0.717, 1.165) is 0 Å². The van der Waals surface area contributed by atoms with Gasteiger partial charge >= 0.3 is 5.97 Å². The van der Waals surface area contributed by atoms with Crippen LogP contribution in [0, 0.1) is 15.5 Å². The van der Waals surface area contributed by atoms with Crippen LogP contribution in [-0.2, 0) is 4.79 Å². The highest BCUT2D eigenvalue weighted by molar-refractivity contribution is 5.73. The molecule has 0 aliphatic carbocycles. The summed E-state index contributed by atoms with van der Waals surface area (Å²) in [5.41, 5.74) is 5.00. The Morgan fingerprint density at radius 2 is 2.22 bits per heavy atom. The normalized spacial score (nSPS) is 11.8. The van der Waals surface area contributed by atoms with Crippen molar-refractivity contribution in [3.8, 4) is 0 Å². The van der Waals surface area contributed by atoms with E-state index in [1.807, 2.05) is 0 Å². The fourth-order valence-corrected chi connectivity index (χ4v) is 1.29. The second-order valence-corrected chi connectivity index (χ2v) is 3.46. The Kier molecular flexibility index (Phi) is 7.31. The van der Waals surface area contributed by atoms with Crippen molar-refractivity contribution in [2.75, 3.05) is 19.7 Å². The maximum absolute atomic E-state index is 10.8. The van der Waals surface area contributed by atoms with Crippen LogP contribution in [0.15, 0.2) is 0 Å². The van der Waals surface area contributed by atoms with E-state index in [-0.39, 0.29) is 32.5 Å². The number of nitrogens with zero attached hydrogens (tertiary/aromatic N) is 2. The van der Waals surface area contributed by atoms with Gasteiger partial charge in [-0.15, -0.1) is 0 Å². The molecular weight excluding hydrogens is 246 g/mol. The highest BCUT2D eigenvalue weighted by atomic mass is 16.7. The molecule has 0 unspecified atom stereocenters. The Morgan fingerprint density at radius 3 is 2.61 bits per heavy atom. The molecule has 104 valence electrons. The number of hydrogen-bond donors (Lipinski definition) is 5. The number of nitrogens with one attached hydrogen (secondary N) is 2. The van der Waals surface area contributed by atoms with Gasteiger partial charge in [0.15, 0.2) is 5.03 Å². The van der Waals surface area contributed by atoms with Gasteiger partial charge in [0.05, 0.1) is 13.2 Å². The van der Waals surface area contributed by atoms with Gasteiger partial charge in [-0.2, -0.15) is 0 Å². The van der Waals surface area contributed by atoms with Crippen LogP contribution in [0.4, 0.5) is 0 Å². The van der Waals surface area contributed by atoms with Crippen LogP contribution in [-0.4, -0.2) is 57.9 Å². The highest BCUT2D eigenvalue weighted by Gasteiger charge is 2.20. The number of carbonyl (C=O) groups is 1. The molecular formula is C8H17N5O5. The van der Waals surface area contributed by atoms with Crippen molar-refractivity contribution in [1.82, 2.24) is 10.3 Å². The van der Waals surface area contributed by atoms with Gasteiger partial charge in [0.2, 0.25) is 0 Å². The Bertz CT molecular complexity index is 296. The summed E-state index contributed by atoms with van der Waals surface area (Å²) in [6.45, 7) is -0.214. The third kappa shape index (κ3) is 5.96. The van der Waals surface area contributed by atoms with Gasteiger partial charge in [0.1, 0.15) is 6.04 Å². The largest absolute Gasteiger partial charge is 0.480 e. The predicted molar refractivity (Wildman–Crippen MR) is 61.4 cm³/mol. The predicted octanol–water partition coefficient (Wildman–Crippen LogP) is -1.81. The number of rotatable bonds is 9. The smallest absolute Gasteiger partial charge is 0.320 e. The van der Waals surface area contributed by atoms with Crippen LogP contribution in [0.25, 0.3) is 0 Å². The molecule has 0 amide bonds. The monoisotopic (exact) mass is 263 g/mol. The molecule has 0 saturated heterocycles. The molecule has 6 N–H and O–H groups in total. The maximum Gasteiger partial charge on any atom is 0.320 e. The molecule has 18 heavy (non-hydrogen) atoms. The lowest BCUT2D eigenvalue weighted by molar-refractivity contribution is -0.629. The van der Waals surface area contributed by atoms with E-state index in [9.17, 15) is 14.9 Å². The molecule has 0 aromatic heterocycles. The zero-order valence-corrected chi connectivity index (χ0v) is 9.70. The van der Waals surface area contributed by atoms with Crippen LogP contribution >= 0.6 is 0 Å². The van der Waals surface area contributed by atoms with Gasteiger partial charge < -0.3 is 21.3 Å². The molecule has 0 heterocycles. The average molecular weight is 263 g/mol. The topological polar surface area (TPSA) is 166 Å². The van der Waals surface area contributed by atoms with E-state index < -0.39 is 23.0 Å². The number of aliphatic carboxylic acids is 1. The fourth-order valence-electron chi connectivity index (χ4n) is 1.29. The summed E-state index contributed by atoms with van der Waals surface area (Å²) in [5.74, 6) is -1.80. The molecule has 0 saturated carbocycles. The maximum atomic E-state index is 10.8. The second kappa shape index (κ2) is 8.20. The van der Waals surface area contributed by atoms with E-state index >= 15 is 0 Å². The third-order valence-electron chi connectivity index (χ3n) is 2.14. The first-order chi connectivity index (χ1) is 8.40. The number of nitro groups is 1. The van der Waals surface area contributed by atoms with E-state index in [1.54, 1.807) is 0 Å². The Hall–Kier alpha value is -1.94. The standard InChI is InChI=1S/C8H17N5O5/c9-8(10)12(13(17)18)4-1-2-6(7(15)16)11-3-5-14/h6,11,14H,1-5H2,(H3,9,10)(H,15,16)/t6-/m0/s1. The molecule has 10 nitrogen and oxygen atoms in total. The summed E-state index contributed by atoms with van der Waals surface area (Å²) in [4.78, 5) is 21.3. The quantitative estimate of drug-likeness (QED) is 0.140. The SMILES string of the molecule is N=C(N)N(CCC[C@H](NCCO)C(=O)O)[N+](=O)[O-]. The van der Waals surface area contributed by atoms with Crippen molar-refractivity contribution in [1.29, 1.82) is 5.41 Å². The second-order valence-electron chi connectivity index (χ2n) is 3.46. The summed E-state index contributed by atoms with van der Waals surface area (Å²) >= 11 is 0. The summed E-state index contributed by atoms with van der Waals surface area (Å²) in [7, 11) is 0. The van der Waals surface area contributed by atoms with Crippen LogP contribution in [0.3, 0.4) is 0 Å². The van der Waals surface area contributed by atoms with Crippen LogP contribution < -0.4 is 11.1 Å². The first kappa shape index (κ1) is 16.1. The van der Waals surface area contributed by atoms with E-state index in [2.05, 4.69) is 5.32 Å². The van der Waals surface area contributed by atoms with Crippen LogP contribution in [0.1, 0.15) is 12.8 Å². The number of nitrogens with two attached hydrogens (primary N) is 1. The lowest BCUT2D eigenvalue weighted by Crippen LogP contribution is -2.43. The van der Waals surface area contributed by atoms with Gasteiger partial charge in [-0.1, -0.05) is 5.01 Å². The fraction of sp³-hybridized carbons (Fsp3) is 0.750. The number of carboxylic acids is 1. The molecule has 0 fully saturated rings. The molecule has 10 heteroatoms. The minimum absolute atomic E-state index is 0.128. The van der Waals surface area contributed by atoms with Crippen molar-refractivity contribution in [3.05, 3.63) is 10.1 Å². The molecule has 0 spiro atoms. The minimum Gasteiger partial charge on any atom is -0.480 e. The molecule has 0 bridgehead atoms. The number of guanidine groups is 1. The van der Waals surface area contributed by atoms with Gasteiger partial charge in [0, 0.05) is 6.54 Å². The van der Waals surface area contributed by atoms with Gasteiger partial charge in [-0.25, -0.2) is 10.1 Å². The number of hydrazine groups is 1. The lowest BCUT2D eigenvalue weighted by Gasteiger charge is -2.15. The zero-order chi connectivity index (χ0) is 14.1. The van der Waals surface area contributed by atoms with Gasteiger partial charge in [0.25, 0.3) is 5.96 Å². The number of hydrogen-bond acceptors (Lipinski definition) is 6. The van der Waals surface area contributed by atoms with Crippen LogP contribution in [0.5, 0.6) is 0 Å². The van der Waals surface area contributed by atoms with Crippen LogP contribution in [0.2, 0.25) is 0 Å². The van der Waals surface area contributed by atoms with E-state index in [0.29, 0.717) is 5.01 Å². The van der Waals surface area contributed by atoms with Crippen molar-refractivity contribution in [2.24, 2.45) is 5.73 Å². The van der Waals surface area contributed by atoms with Crippen molar-refractivity contribution < 1.29 is 20.0 Å². The number of carboxylic acid groups (broad SMARTS) is 1. The third-order valence-corrected chi connectivity index (χ3v) is 2.14. The van der Waals surface area contributed by atoms with E-state index in [4.69, 9.17) is 21.4 Å². The molecule has 1 atom stereocenters. The van der Waals surface area contributed by atoms with Gasteiger partial charge in [-0.05, 0) is 12.8 Å². The average Bonchev–Trinajstić information content (AvgIpc) is 2.26. The first-order valence-corrected chi connectivity index (χ1v) is 5.23.